The topological polar surface area (TPSA) is 41.6 Å². The maximum atomic E-state index is 12.4. The lowest BCUT2D eigenvalue weighted by molar-refractivity contribution is -0.132. The number of methoxy groups -OCH3 is 1. The van der Waals surface area contributed by atoms with Crippen molar-refractivity contribution < 1.29 is 9.53 Å². The van der Waals surface area contributed by atoms with Gasteiger partial charge in [0.1, 0.15) is 6.17 Å². The molecule has 0 aromatic heterocycles. The number of hydrogen-bond acceptors (Lipinski definition) is 3. The molecule has 1 aliphatic rings. The minimum absolute atomic E-state index is 0.0550. The fourth-order valence-corrected chi connectivity index (χ4v) is 3.05. The summed E-state index contributed by atoms with van der Waals surface area (Å²) in [5.41, 5.74) is 3.63. The number of amides is 1. The van der Waals surface area contributed by atoms with Gasteiger partial charge in [0, 0.05) is 7.11 Å². The smallest absolute Gasteiger partial charge is 0.238 e. The zero-order valence-corrected chi connectivity index (χ0v) is 13.6. The van der Waals surface area contributed by atoms with E-state index in [9.17, 15) is 4.79 Å². The van der Waals surface area contributed by atoms with Crippen molar-refractivity contribution >= 4 is 5.91 Å². The highest BCUT2D eigenvalue weighted by Gasteiger charge is 2.38. The van der Waals surface area contributed by atoms with E-state index >= 15 is 0 Å². The number of aryl methyl sites for hydroxylation is 2. The van der Waals surface area contributed by atoms with Crippen LogP contribution in [0.1, 0.15) is 36.7 Å². The molecule has 1 aromatic rings. The molecule has 1 amide bonds. The van der Waals surface area contributed by atoms with E-state index in [1.54, 1.807) is 7.11 Å². The lowest BCUT2D eigenvalue weighted by Gasteiger charge is -2.35. The molecule has 1 N–H and O–H groups in total. The van der Waals surface area contributed by atoms with Crippen LogP contribution in [-0.2, 0) is 9.53 Å². The van der Waals surface area contributed by atoms with Gasteiger partial charge in [-0.2, -0.15) is 0 Å². The first kappa shape index (κ1) is 16.0. The first-order valence-corrected chi connectivity index (χ1v) is 7.56. The molecule has 2 atom stereocenters. The summed E-state index contributed by atoms with van der Waals surface area (Å²) in [4.78, 5) is 14.3. The Kier molecular flexibility index (Phi) is 5.01. The molecule has 1 saturated heterocycles. The van der Waals surface area contributed by atoms with Crippen LogP contribution in [0.15, 0.2) is 18.2 Å². The van der Waals surface area contributed by atoms with Crippen LogP contribution in [0.3, 0.4) is 0 Å². The van der Waals surface area contributed by atoms with E-state index in [4.69, 9.17) is 4.74 Å². The lowest BCUT2D eigenvalue weighted by Crippen LogP contribution is -2.45. The summed E-state index contributed by atoms with van der Waals surface area (Å²) in [6.07, 6.45) is -0.0550. The zero-order chi connectivity index (χ0) is 15.6. The molecule has 2 rings (SSSR count). The maximum absolute atomic E-state index is 12.4. The van der Waals surface area contributed by atoms with Crippen LogP contribution in [0.2, 0.25) is 0 Å². The van der Waals surface area contributed by atoms with Gasteiger partial charge in [0.25, 0.3) is 0 Å². The Morgan fingerprint density at radius 3 is 2.67 bits per heavy atom. The molecule has 0 radical (unpaired) electrons. The molecule has 4 nitrogen and oxygen atoms in total. The Balaban J connectivity index is 2.35. The summed E-state index contributed by atoms with van der Waals surface area (Å²) in [6.45, 7) is 9.41. The summed E-state index contributed by atoms with van der Waals surface area (Å²) in [5, 5.41) is 3.35. The van der Waals surface area contributed by atoms with Gasteiger partial charge in [0.15, 0.2) is 0 Å². The first-order chi connectivity index (χ1) is 9.95. The molecule has 116 valence electrons. The fourth-order valence-electron chi connectivity index (χ4n) is 3.05. The molecule has 0 spiro atoms. The molecular weight excluding hydrogens is 264 g/mol. The van der Waals surface area contributed by atoms with Gasteiger partial charge in [0.2, 0.25) is 5.91 Å². The SMILES string of the molecule is COCC(C(C)C)N1C(=O)CNC1c1ccc(C)cc1C. The number of benzene rings is 1. The summed E-state index contributed by atoms with van der Waals surface area (Å²) >= 11 is 0. The molecule has 1 heterocycles. The number of ether oxygens (including phenoxy) is 1. The van der Waals surface area contributed by atoms with Crippen molar-refractivity contribution in [2.24, 2.45) is 5.92 Å². The zero-order valence-electron chi connectivity index (χ0n) is 13.6. The van der Waals surface area contributed by atoms with Crippen molar-refractivity contribution in [1.29, 1.82) is 0 Å². The monoisotopic (exact) mass is 290 g/mol. The predicted octanol–water partition coefficient (Wildman–Crippen LogP) is 2.40. The van der Waals surface area contributed by atoms with Gasteiger partial charge in [-0.3, -0.25) is 10.1 Å². The van der Waals surface area contributed by atoms with E-state index < -0.39 is 0 Å². The Labute approximate surface area is 127 Å². The Hall–Kier alpha value is -1.39. The van der Waals surface area contributed by atoms with E-state index in [2.05, 4.69) is 51.2 Å². The molecular formula is C17H26N2O2. The van der Waals surface area contributed by atoms with Crippen LogP contribution in [0.4, 0.5) is 0 Å². The van der Waals surface area contributed by atoms with E-state index in [0.29, 0.717) is 19.1 Å². The normalized spacial score (nSPS) is 20.4. The van der Waals surface area contributed by atoms with Gasteiger partial charge in [-0.15, -0.1) is 0 Å². The van der Waals surface area contributed by atoms with E-state index in [1.807, 2.05) is 4.90 Å². The van der Waals surface area contributed by atoms with Gasteiger partial charge in [-0.25, -0.2) is 0 Å². The highest BCUT2D eigenvalue weighted by atomic mass is 16.5. The van der Waals surface area contributed by atoms with Gasteiger partial charge in [-0.1, -0.05) is 37.6 Å². The van der Waals surface area contributed by atoms with Crippen molar-refractivity contribution in [2.75, 3.05) is 20.3 Å². The summed E-state index contributed by atoms with van der Waals surface area (Å²) in [7, 11) is 1.69. The second-order valence-corrected chi connectivity index (χ2v) is 6.21. The minimum atomic E-state index is -0.0550. The van der Waals surface area contributed by atoms with Crippen LogP contribution < -0.4 is 5.32 Å². The molecule has 0 aliphatic carbocycles. The third kappa shape index (κ3) is 3.27. The van der Waals surface area contributed by atoms with Gasteiger partial charge in [-0.05, 0) is 30.9 Å². The Bertz CT molecular complexity index is 514. The average Bonchev–Trinajstić information content (AvgIpc) is 2.77. The van der Waals surface area contributed by atoms with Crippen molar-refractivity contribution in [3.63, 3.8) is 0 Å². The van der Waals surface area contributed by atoms with Crippen LogP contribution in [0.5, 0.6) is 0 Å². The second-order valence-electron chi connectivity index (χ2n) is 6.21. The quantitative estimate of drug-likeness (QED) is 0.905. The van der Waals surface area contributed by atoms with Crippen molar-refractivity contribution in [2.45, 2.75) is 39.9 Å². The highest BCUT2D eigenvalue weighted by Crippen LogP contribution is 2.30. The third-order valence-corrected chi connectivity index (χ3v) is 4.20. The average molecular weight is 290 g/mol. The number of nitrogens with one attached hydrogen (secondary N) is 1. The van der Waals surface area contributed by atoms with Gasteiger partial charge < -0.3 is 9.64 Å². The molecule has 1 fully saturated rings. The number of rotatable bonds is 5. The van der Waals surface area contributed by atoms with Gasteiger partial charge in [0.05, 0.1) is 19.2 Å². The molecule has 0 saturated carbocycles. The van der Waals surface area contributed by atoms with Crippen molar-refractivity contribution in [3.05, 3.63) is 34.9 Å². The second kappa shape index (κ2) is 6.58. The molecule has 2 unspecified atom stereocenters. The standard InChI is InChI=1S/C17H26N2O2/c1-11(2)15(10-21-5)19-16(20)9-18-17(19)14-7-6-12(3)8-13(14)4/h6-8,11,15,17-18H,9-10H2,1-5H3. The lowest BCUT2D eigenvalue weighted by atomic mass is 9.99. The van der Waals surface area contributed by atoms with Gasteiger partial charge >= 0.3 is 0 Å². The summed E-state index contributed by atoms with van der Waals surface area (Å²) in [6, 6.07) is 6.48. The van der Waals surface area contributed by atoms with Crippen molar-refractivity contribution in [1.82, 2.24) is 10.2 Å². The van der Waals surface area contributed by atoms with E-state index in [1.165, 1.54) is 16.7 Å². The highest BCUT2D eigenvalue weighted by molar-refractivity contribution is 5.81. The molecule has 1 aromatic carbocycles. The van der Waals surface area contributed by atoms with Crippen LogP contribution in [-0.4, -0.2) is 37.1 Å². The first-order valence-electron chi connectivity index (χ1n) is 7.56. The van der Waals surface area contributed by atoms with Crippen LogP contribution in [0, 0.1) is 19.8 Å². The maximum Gasteiger partial charge on any atom is 0.238 e. The molecule has 21 heavy (non-hydrogen) atoms. The largest absolute Gasteiger partial charge is 0.383 e. The van der Waals surface area contributed by atoms with E-state index in [-0.39, 0.29) is 18.1 Å². The summed E-state index contributed by atoms with van der Waals surface area (Å²) < 4.78 is 5.34. The molecule has 0 bridgehead atoms. The van der Waals surface area contributed by atoms with E-state index in [0.717, 1.165) is 0 Å². The molecule has 1 aliphatic heterocycles. The van der Waals surface area contributed by atoms with Crippen LogP contribution in [0.25, 0.3) is 0 Å². The minimum Gasteiger partial charge on any atom is -0.383 e. The number of carbonyl (C=O) groups is 1. The van der Waals surface area contributed by atoms with Crippen LogP contribution >= 0.6 is 0 Å². The Morgan fingerprint density at radius 1 is 1.38 bits per heavy atom. The number of carbonyl (C=O) groups excluding carboxylic acids is 1. The number of hydrogen-bond donors (Lipinski definition) is 1. The predicted molar refractivity (Wildman–Crippen MR) is 84.0 cm³/mol. The van der Waals surface area contributed by atoms with Crippen molar-refractivity contribution in [3.8, 4) is 0 Å². The molecule has 4 heteroatoms. The third-order valence-electron chi connectivity index (χ3n) is 4.20. The number of nitrogens with zero attached hydrogens (tertiary/aromatic N) is 1. The Morgan fingerprint density at radius 2 is 2.10 bits per heavy atom. The summed E-state index contributed by atoms with van der Waals surface area (Å²) in [5.74, 6) is 0.498. The fraction of sp³-hybridized carbons (Fsp3) is 0.588.